The zero-order valence-corrected chi connectivity index (χ0v) is 7.29. The molecule has 0 aromatic heterocycles. The van der Waals surface area contributed by atoms with Crippen molar-refractivity contribution in [2.75, 3.05) is 5.32 Å². The molecule has 0 aliphatic rings. The number of carbonyl (C=O) groups is 1. The van der Waals surface area contributed by atoms with Crippen molar-refractivity contribution in [1.29, 1.82) is 5.41 Å². The number of nitrogens with one attached hydrogen (secondary N) is 2. The monoisotopic (exact) mass is 177 g/mol. The Kier molecular flexibility index (Phi) is 2.64. The maximum absolute atomic E-state index is 10.7. The number of hydrogen-bond acceptors (Lipinski definition) is 2. The minimum Gasteiger partial charge on any atom is -0.384 e. The second-order valence-corrected chi connectivity index (χ2v) is 2.68. The number of benzene rings is 1. The van der Waals surface area contributed by atoms with Crippen LogP contribution in [0.3, 0.4) is 0 Å². The van der Waals surface area contributed by atoms with E-state index in [1.807, 2.05) is 0 Å². The van der Waals surface area contributed by atoms with Gasteiger partial charge in [-0.1, -0.05) is 12.1 Å². The molecule has 0 radical (unpaired) electrons. The van der Waals surface area contributed by atoms with Crippen LogP contribution in [0.1, 0.15) is 12.5 Å². The van der Waals surface area contributed by atoms with E-state index >= 15 is 0 Å². The van der Waals surface area contributed by atoms with E-state index < -0.39 is 0 Å². The van der Waals surface area contributed by atoms with Crippen LogP contribution in [0.5, 0.6) is 0 Å². The highest BCUT2D eigenvalue weighted by Crippen LogP contribution is 2.09. The summed E-state index contributed by atoms with van der Waals surface area (Å²) in [4.78, 5) is 10.7. The second kappa shape index (κ2) is 3.71. The van der Waals surface area contributed by atoms with E-state index in [-0.39, 0.29) is 11.7 Å². The number of nitrogen functional groups attached to an aromatic ring is 1. The maximum atomic E-state index is 10.7. The van der Waals surface area contributed by atoms with Crippen molar-refractivity contribution < 1.29 is 4.79 Å². The van der Waals surface area contributed by atoms with E-state index in [0.29, 0.717) is 11.3 Å². The minimum atomic E-state index is -0.138. The van der Waals surface area contributed by atoms with E-state index in [4.69, 9.17) is 11.1 Å². The van der Waals surface area contributed by atoms with Gasteiger partial charge in [0.25, 0.3) is 0 Å². The molecule has 0 unspecified atom stereocenters. The van der Waals surface area contributed by atoms with Gasteiger partial charge in [0, 0.05) is 18.2 Å². The molecule has 0 atom stereocenters. The lowest BCUT2D eigenvalue weighted by Gasteiger charge is -2.03. The van der Waals surface area contributed by atoms with E-state index in [1.165, 1.54) is 6.92 Å². The minimum absolute atomic E-state index is 0.00722. The highest BCUT2D eigenvalue weighted by Gasteiger charge is 1.98. The summed E-state index contributed by atoms with van der Waals surface area (Å²) in [7, 11) is 0. The van der Waals surface area contributed by atoms with Crippen molar-refractivity contribution in [3.05, 3.63) is 29.8 Å². The predicted molar refractivity (Wildman–Crippen MR) is 51.8 cm³/mol. The highest BCUT2D eigenvalue weighted by atomic mass is 16.1. The smallest absolute Gasteiger partial charge is 0.221 e. The molecule has 0 saturated heterocycles. The Hall–Kier alpha value is -1.84. The summed E-state index contributed by atoms with van der Waals surface area (Å²) in [6.07, 6.45) is 0. The quantitative estimate of drug-likeness (QED) is 0.464. The summed E-state index contributed by atoms with van der Waals surface area (Å²) in [5, 5.41) is 9.79. The number of amidine groups is 1. The molecular formula is C9H11N3O. The van der Waals surface area contributed by atoms with Crippen LogP contribution >= 0.6 is 0 Å². The van der Waals surface area contributed by atoms with Crippen LogP contribution in [0, 0.1) is 5.41 Å². The van der Waals surface area contributed by atoms with Crippen LogP contribution in [0.25, 0.3) is 0 Å². The number of nitrogens with two attached hydrogens (primary N) is 1. The Morgan fingerprint density at radius 1 is 1.54 bits per heavy atom. The van der Waals surface area contributed by atoms with Crippen molar-refractivity contribution >= 4 is 17.4 Å². The molecule has 1 amide bonds. The molecule has 13 heavy (non-hydrogen) atoms. The van der Waals surface area contributed by atoms with Crippen molar-refractivity contribution in [3.63, 3.8) is 0 Å². The molecule has 1 aromatic carbocycles. The van der Waals surface area contributed by atoms with Gasteiger partial charge in [-0.05, 0) is 12.1 Å². The molecule has 1 rings (SSSR count). The molecule has 0 aliphatic heterocycles. The first-order valence-electron chi connectivity index (χ1n) is 3.81. The third-order valence-electron chi connectivity index (χ3n) is 1.49. The zero-order chi connectivity index (χ0) is 9.84. The summed E-state index contributed by atoms with van der Waals surface area (Å²) in [5.41, 5.74) is 6.54. The van der Waals surface area contributed by atoms with Crippen LogP contribution in [0.4, 0.5) is 5.69 Å². The summed E-state index contributed by atoms with van der Waals surface area (Å²) in [5.74, 6) is -0.145. The number of carbonyl (C=O) groups excluding carboxylic acids is 1. The Morgan fingerprint density at radius 3 is 2.77 bits per heavy atom. The fraction of sp³-hybridized carbons (Fsp3) is 0.111. The van der Waals surface area contributed by atoms with Gasteiger partial charge in [0.1, 0.15) is 5.84 Å². The Bertz CT molecular complexity index is 346. The van der Waals surface area contributed by atoms with Gasteiger partial charge in [-0.25, -0.2) is 0 Å². The van der Waals surface area contributed by atoms with Gasteiger partial charge < -0.3 is 11.1 Å². The normalized spacial score (nSPS) is 9.31. The molecule has 4 nitrogen and oxygen atoms in total. The van der Waals surface area contributed by atoms with Crippen LogP contribution in [-0.4, -0.2) is 11.7 Å². The first kappa shape index (κ1) is 9.25. The lowest BCUT2D eigenvalue weighted by Crippen LogP contribution is -2.12. The maximum Gasteiger partial charge on any atom is 0.221 e. The number of rotatable bonds is 2. The largest absolute Gasteiger partial charge is 0.384 e. The number of amides is 1. The summed E-state index contributed by atoms with van der Waals surface area (Å²) in [6, 6.07) is 6.85. The topological polar surface area (TPSA) is 79.0 Å². The molecule has 0 aliphatic carbocycles. The van der Waals surface area contributed by atoms with Gasteiger partial charge in [0.05, 0.1) is 0 Å². The molecule has 4 N–H and O–H groups in total. The zero-order valence-electron chi connectivity index (χ0n) is 7.29. The molecule has 0 heterocycles. The average Bonchev–Trinajstić information content (AvgIpc) is 2.03. The van der Waals surface area contributed by atoms with Crippen LogP contribution in [0.15, 0.2) is 24.3 Å². The van der Waals surface area contributed by atoms with Crippen LogP contribution in [0.2, 0.25) is 0 Å². The number of anilines is 1. The molecule has 4 heteroatoms. The lowest BCUT2D eigenvalue weighted by atomic mass is 10.2. The van der Waals surface area contributed by atoms with Crippen LogP contribution in [-0.2, 0) is 4.79 Å². The van der Waals surface area contributed by atoms with Gasteiger partial charge in [-0.3, -0.25) is 10.2 Å². The Labute approximate surface area is 76.3 Å². The fourth-order valence-corrected chi connectivity index (χ4v) is 0.968. The van der Waals surface area contributed by atoms with E-state index in [2.05, 4.69) is 5.32 Å². The Morgan fingerprint density at radius 2 is 2.23 bits per heavy atom. The van der Waals surface area contributed by atoms with Crippen LogP contribution < -0.4 is 11.1 Å². The molecule has 0 fully saturated rings. The summed E-state index contributed by atoms with van der Waals surface area (Å²) >= 11 is 0. The van der Waals surface area contributed by atoms with Gasteiger partial charge in [-0.15, -0.1) is 0 Å². The van der Waals surface area contributed by atoms with Crippen molar-refractivity contribution in [2.45, 2.75) is 6.92 Å². The third-order valence-corrected chi connectivity index (χ3v) is 1.49. The molecule has 1 aromatic rings. The number of hydrogen-bond donors (Lipinski definition) is 3. The fourth-order valence-electron chi connectivity index (χ4n) is 0.968. The van der Waals surface area contributed by atoms with Gasteiger partial charge in [0.15, 0.2) is 0 Å². The van der Waals surface area contributed by atoms with E-state index in [1.54, 1.807) is 24.3 Å². The standard InChI is InChI=1S/C9H11N3O/c1-6(13)12-8-4-2-3-7(5-8)9(10)11/h2-5H,1H3,(H3,10,11)(H,12,13). The van der Waals surface area contributed by atoms with Crippen molar-refractivity contribution in [1.82, 2.24) is 0 Å². The van der Waals surface area contributed by atoms with Gasteiger partial charge >= 0.3 is 0 Å². The molecular weight excluding hydrogens is 166 g/mol. The van der Waals surface area contributed by atoms with E-state index in [9.17, 15) is 4.79 Å². The first-order chi connectivity index (χ1) is 6.09. The lowest BCUT2D eigenvalue weighted by molar-refractivity contribution is -0.114. The molecule has 68 valence electrons. The van der Waals surface area contributed by atoms with Gasteiger partial charge in [0.2, 0.25) is 5.91 Å². The summed E-state index contributed by atoms with van der Waals surface area (Å²) in [6.45, 7) is 1.43. The SMILES string of the molecule is CC(=O)Nc1cccc(C(=N)N)c1. The molecule has 0 saturated carbocycles. The Balaban J connectivity index is 2.91. The molecule has 0 bridgehead atoms. The predicted octanol–water partition coefficient (Wildman–Crippen LogP) is 0.929. The molecule has 0 spiro atoms. The highest BCUT2D eigenvalue weighted by molar-refractivity contribution is 5.97. The van der Waals surface area contributed by atoms with Gasteiger partial charge in [-0.2, -0.15) is 0 Å². The third kappa shape index (κ3) is 2.59. The van der Waals surface area contributed by atoms with E-state index in [0.717, 1.165) is 0 Å². The summed E-state index contributed by atoms with van der Waals surface area (Å²) < 4.78 is 0. The average molecular weight is 177 g/mol. The second-order valence-electron chi connectivity index (χ2n) is 2.68. The van der Waals surface area contributed by atoms with Crippen molar-refractivity contribution in [3.8, 4) is 0 Å². The van der Waals surface area contributed by atoms with Crippen molar-refractivity contribution in [2.24, 2.45) is 5.73 Å². The first-order valence-corrected chi connectivity index (χ1v) is 3.81.